The molecule has 0 aliphatic rings. The lowest BCUT2D eigenvalue weighted by atomic mass is 10.1. The van der Waals surface area contributed by atoms with E-state index in [4.69, 9.17) is 9.15 Å². The van der Waals surface area contributed by atoms with Crippen molar-refractivity contribution in [2.75, 3.05) is 7.11 Å². The van der Waals surface area contributed by atoms with Crippen LogP contribution in [0.3, 0.4) is 0 Å². The monoisotopic (exact) mass is 375 g/mol. The smallest absolute Gasteiger partial charge is 0.287 e. The molecule has 0 aliphatic heterocycles. The van der Waals surface area contributed by atoms with Crippen LogP contribution in [0.2, 0.25) is 0 Å². The first-order chi connectivity index (χ1) is 13.7. The van der Waals surface area contributed by atoms with Crippen molar-refractivity contribution in [1.29, 1.82) is 0 Å². The fraction of sp³-hybridized carbons (Fsp3) is 0.182. The summed E-state index contributed by atoms with van der Waals surface area (Å²) in [6.45, 7) is 1.48. The van der Waals surface area contributed by atoms with Crippen LogP contribution in [-0.2, 0) is 24.4 Å². The van der Waals surface area contributed by atoms with E-state index in [-0.39, 0.29) is 5.91 Å². The van der Waals surface area contributed by atoms with E-state index in [1.807, 2.05) is 47.2 Å². The summed E-state index contributed by atoms with van der Waals surface area (Å²) in [6, 6.07) is 15.7. The number of hydrogen-bond donors (Lipinski definition) is 1. The van der Waals surface area contributed by atoms with Gasteiger partial charge in [0.2, 0.25) is 0 Å². The molecule has 0 saturated carbocycles. The molecule has 2 aromatic heterocycles. The molecule has 142 valence electrons. The molecule has 0 bridgehead atoms. The first-order valence-corrected chi connectivity index (χ1v) is 9.05. The molecule has 28 heavy (non-hydrogen) atoms. The standard InChI is InChI=1S/C22H21N3O3/c1-27-14-19-18-7-2-3-8-20(18)28-21(19)22(26)24-12-16-5-4-6-17(11-16)13-25-10-9-23-15-25/h2-11,15H,12-14H2,1H3,(H,24,26). The summed E-state index contributed by atoms with van der Waals surface area (Å²) in [7, 11) is 1.61. The van der Waals surface area contributed by atoms with E-state index >= 15 is 0 Å². The Morgan fingerprint density at radius 2 is 2.04 bits per heavy atom. The van der Waals surface area contributed by atoms with Gasteiger partial charge in [0.05, 0.1) is 12.9 Å². The van der Waals surface area contributed by atoms with Crippen LogP contribution in [0.4, 0.5) is 0 Å². The van der Waals surface area contributed by atoms with E-state index in [2.05, 4.69) is 22.4 Å². The minimum Gasteiger partial charge on any atom is -0.451 e. The van der Waals surface area contributed by atoms with Crippen LogP contribution < -0.4 is 5.32 Å². The fourth-order valence-electron chi connectivity index (χ4n) is 3.26. The second-order valence-electron chi connectivity index (χ2n) is 6.58. The number of methoxy groups -OCH3 is 1. The third kappa shape index (κ3) is 3.82. The zero-order valence-electron chi connectivity index (χ0n) is 15.6. The summed E-state index contributed by atoms with van der Waals surface area (Å²) in [4.78, 5) is 16.8. The van der Waals surface area contributed by atoms with E-state index in [0.717, 1.165) is 28.6 Å². The highest BCUT2D eigenvalue weighted by molar-refractivity contribution is 5.99. The molecule has 1 N–H and O–H groups in total. The number of carbonyl (C=O) groups is 1. The van der Waals surface area contributed by atoms with Crippen molar-refractivity contribution in [3.05, 3.63) is 89.7 Å². The third-order valence-corrected chi connectivity index (χ3v) is 4.56. The van der Waals surface area contributed by atoms with Gasteiger partial charge in [0.15, 0.2) is 5.76 Å². The molecule has 6 heteroatoms. The molecule has 0 fully saturated rings. The molecule has 0 radical (unpaired) electrons. The average molecular weight is 375 g/mol. The van der Waals surface area contributed by atoms with Gasteiger partial charge in [-0.1, -0.05) is 42.5 Å². The molecule has 0 saturated heterocycles. The molecular formula is C22H21N3O3. The van der Waals surface area contributed by atoms with Crippen molar-refractivity contribution in [1.82, 2.24) is 14.9 Å². The zero-order chi connectivity index (χ0) is 19.3. The van der Waals surface area contributed by atoms with Gasteiger partial charge in [-0.2, -0.15) is 0 Å². The SMILES string of the molecule is COCc1c(C(=O)NCc2cccc(Cn3ccnc3)c2)oc2ccccc12. The van der Waals surface area contributed by atoms with Crippen molar-refractivity contribution < 1.29 is 13.9 Å². The van der Waals surface area contributed by atoms with E-state index in [1.54, 1.807) is 19.6 Å². The van der Waals surface area contributed by atoms with E-state index in [9.17, 15) is 4.79 Å². The van der Waals surface area contributed by atoms with Gasteiger partial charge in [-0.05, 0) is 17.2 Å². The minimum absolute atomic E-state index is 0.247. The van der Waals surface area contributed by atoms with Gasteiger partial charge in [-0.3, -0.25) is 4.79 Å². The van der Waals surface area contributed by atoms with Crippen LogP contribution >= 0.6 is 0 Å². The number of ether oxygens (including phenoxy) is 1. The van der Waals surface area contributed by atoms with Crippen LogP contribution in [-0.4, -0.2) is 22.6 Å². The third-order valence-electron chi connectivity index (χ3n) is 4.56. The molecule has 0 spiro atoms. The molecule has 2 aromatic carbocycles. The number of benzene rings is 2. The van der Waals surface area contributed by atoms with E-state index < -0.39 is 0 Å². The summed E-state index contributed by atoms with van der Waals surface area (Å²) in [6.07, 6.45) is 5.47. The van der Waals surface area contributed by atoms with Gasteiger partial charge in [-0.15, -0.1) is 0 Å². The van der Waals surface area contributed by atoms with Gasteiger partial charge >= 0.3 is 0 Å². The van der Waals surface area contributed by atoms with E-state index in [0.29, 0.717) is 24.5 Å². The van der Waals surface area contributed by atoms with Gasteiger partial charge in [-0.25, -0.2) is 4.98 Å². The Hall–Kier alpha value is -3.38. The maximum absolute atomic E-state index is 12.8. The van der Waals surface area contributed by atoms with E-state index in [1.165, 1.54) is 0 Å². The van der Waals surface area contributed by atoms with Crippen LogP contribution in [0.15, 0.2) is 71.7 Å². The number of carbonyl (C=O) groups excluding carboxylic acids is 1. The number of rotatable bonds is 7. The highest BCUT2D eigenvalue weighted by Crippen LogP contribution is 2.26. The van der Waals surface area contributed by atoms with Crippen molar-refractivity contribution in [3.8, 4) is 0 Å². The first-order valence-electron chi connectivity index (χ1n) is 9.05. The number of aromatic nitrogens is 2. The number of fused-ring (bicyclic) bond motifs is 1. The Kier molecular flexibility index (Phi) is 5.21. The lowest BCUT2D eigenvalue weighted by Crippen LogP contribution is -2.23. The van der Waals surface area contributed by atoms with Crippen molar-refractivity contribution in [3.63, 3.8) is 0 Å². The molecule has 4 aromatic rings. The lowest BCUT2D eigenvalue weighted by Gasteiger charge is -2.08. The second kappa shape index (κ2) is 8.10. The largest absolute Gasteiger partial charge is 0.451 e. The lowest BCUT2D eigenvalue weighted by molar-refractivity contribution is 0.0918. The van der Waals surface area contributed by atoms with Crippen LogP contribution in [0.1, 0.15) is 27.2 Å². The number of imidazole rings is 1. The fourth-order valence-corrected chi connectivity index (χ4v) is 3.26. The zero-order valence-corrected chi connectivity index (χ0v) is 15.6. The quantitative estimate of drug-likeness (QED) is 0.534. The van der Waals surface area contributed by atoms with Gasteiger partial charge < -0.3 is 19.0 Å². The normalized spacial score (nSPS) is 11.0. The van der Waals surface area contributed by atoms with Gasteiger partial charge in [0.1, 0.15) is 5.58 Å². The Labute approximate surface area is 162 Å². The maximum atomic E-state index is 12.8. The Balaban J connectivity index is 1.49. The molecule has 1 amide bonds. The van der Waals surface area contributed by atoms with Crippen molar-refractivity contribution in [2.45, 2.75) is 19.7 Å². The summed E-state index contributed by atoms with van der Waals surface area (Å²) < 4.78 is 13.1. The number of nitrogens with one attached hydrogen (secondary N) is 1. The molecule has 0 unspecified atom stereocenters. The molecular weight excluding hydrogens is 354 g/mol. The first kappa shape index (κ1) is 18.0. The predicted molar refractivity (Wildman–Crippen MR) is 106 cm³/mol. The molecule has 0 aliphatic carbocycles. The summed E-state index contributed by atoms with van der Waals surface area (Å²) in [5, 5.41) is 3.85. The Morgan fingerprint density at radius 3 is 2.86 bits per heavy atom. The topological polar surface area (TPSA) is 69.3 Å². The number of nitrogens with zero attached hydrogens (tertiary/aromatic N) is 2. The summed E-state index contributed by atoms with van der Waals surface area (Å²) >= 11 is 0. The Bertz CT molecular complexity index is 1080. The second-order valence-corrected chi connectivity index (χ2v) is 6.58. The predicted octanol–water partition coefficient (Wildman–Crippen LogP) is 3.75. The molecule has 4 rings (SSSR count). The number of furan rings is 1. The van der Waals surface area contributed by atoms with Crippen molar-refractivity contribution >= 4 is 16.9 Å². The van der Waals surface area contributed by atoms with Crippen LogP contribution in [0, 0.1) is 0 Å². The Morgan fingerprint density at radius 1 is 1.18 bits per heavy atom. The van der Waals surface area contributed by atoms with Gasteiger partial charge in [0, 0.05) is 43.5 Å². The van der Waals surface area contributed by atoms with Gasteiger partial charge in [0.25, 0.3) is 5.91 Å². The maximum Gasteiger partial charge on any atom is 0.287 e. The van der Waals surface area contributed by atoms with Crippen LogP contribution in [0.25, 0.3) is 11.0 Å². The molecule has 2 heterocycles. The highest BCUT2D eigenvalue weighted by atomic mass is 16.5. The number of amides is 1. The highest BCUT2D eigenvalue weighted by Gasteiger charge is 2.20. The number of para-hydroxylation sites is 1. The van der Waals surface area contributed by atoms with Crippen molar-refractivity contribution in [2.24, 2.45) is 0 Å². The summed E-state index contributed by atoms with van der Waals surface area (Å²) in [5.41, 5.74) is 3.62. The number of hydrogen-bond acceptors (Lipinski definition) is 4. The molecule has 6 nitrogen and oxygen atoms in total. The molecule has 0 atom stereocenters. The summed E-state index contributed by atoms with van der Waals surface area (Å²) in [5.74, 6) is 0.0564. The van der Waals surface area contributed by atoms with Crippen LogP contribution in [0.5, 0.6) is 0 Å². The average Bonchev–Trinajstić information content (AvgIpc) is 3.35. The minimum atomic E-state index is -0.247.